The SMILES string of the molecule is C.C=CCBr.C=CCOc1cccc(CN(C(=O)OCC)c2nc(OCC=C)nc(N)c2[N+](=O)[O-])c1.C=CCOc1nc(N)c([N+](=O)[O-])c(N(Cc2cccc(O)c2)C(=O)OCC)n1.N/N=N/N. The number of amides is 2. The zero-order valence-electron chi connectivity index (χ0n) is 36.5. The molecule has 0 saturated carbocycles. The number of benzene rings is 2. The van der Waals surface area contributed by atoms with Crippen LogP contribution in [-0.4, -0.2) is 85.4 Å². The number of hydrogen-bond donors (Lipinski definition) is 5. The minimum Gasteiger partial charge on any atom is -0.508 e. The van der Waals surface area contributed by atoms with Crippen LogP contribution in [-0.2, 0) is 22.6 Å². The van der Waals surface area contributed by atoms with Gasteiger partial charge in [-0.15, -0.1) is 6.58 Å². The van der Waals surface area contributed by atoms with Gasteiger partial charge in [-0.2, -0.15) is 19.9 Å². The first-order chi connectivity index (χ1) is 32.1. The van der Waals surface area contributed by atoms with Crippen LogP contribution in [0.4, 0.5) is 44.2 Å². The van der Waals surface area contributed by atoms with Crippen molar-refractivity contribution in [1.29, 1.82) is 0 Å². The number of nitrogens with two attached hydrogens (primary N) is 4. The third-order valence-corrected chi connectivity index (χ3v) is 7.75. The van der Waals surface area contributed by atoms with Crippen molar-refractivity contribution in [3.63, 3.8) is 0 Å². The highest BCUT2D eigenvalue weighted by atomic mass is 79.9. The minimum atomic E-state index is -0.887. The Kier molecular flexibility index (Phi) is 28.8. The van der Waals surface area contributed by atoms with E-state index in [1.807, 2.05) is 0 Å². The molecule has 2 amide bonds. The number of nitro groups is 2. The Morgan fingerprint density at radius 3 is 1.47 bits per heavy atom. The number of aromatic hydroxyl groups is 1. The molecule has 27 heteroatoms. The van der Waals surface area contributed by atoms with Crippen LogP contribution in [0, 0.1) is 20.2 Å². The van der Waals surface area contributed by atoms with Gasteiger partial charge in [0.05, 0.1) is 36.1 Å². The molecule has 68 heavy (non-hydrogen) atoms. The molecule has 0 saturated heterocycles. The number of nitrogen functional groups attached to an aromatic ring is 2. The zero-order chi connectivity index (χ0) is 50.3. The number of rotatable bonds is 20. The number of anilines is 4. The van der Waals surface area contributed by atoms with Crippen LogP contribution in [0.15, 0.2) is 110 Å². The third-order valence-electron chi connectivity index (χ3n) is 7.29. The highest BCUT2D eigenvalue weighted by molar-refractivity contribution is 9.09. The fourth-order valence-corrected chi connectivity index (χ4v) is 4.76. The van der Waals surface area contributed by atoms with Gasteiger partial charge in [0.2, 0.25) is 23.3 Å². The molecule has 0 aliphatic rings. The first-order valence-electron chi connectivity index (χ1n) is 19.2. The molecule has 2 heterocycles. The molecule has 0 radical (unpaired) electrons. The molecule has 4 rings (SSSR count). The monoisotopic (exact) mass is 1010 g/mol. The van der Waals surface area contributed by atoms with E-state index in [2.05, 4.69) is 84.3 Å². The zero-order valence-corrected chi connectivity index (χ0v) is 38.1. The number of ether oxygens (including phenoxy) is 5. The number of allylic oxidation sites excluding steroid dienone is 1. The lowest BCUT2D eigenvalue weighted by Gasteiger charge is -2.21. The molecule has 4 aromatic rings. The second kappa shape index (κ2) is 32.9. The molecule has 0 spiro atoms. The molecule has 0 aliphatic carbocycles. The molecule has 2 aromatic carbocycles. The van der Waals surface area contributed by atoms with Crippen LogP contribution in [0.1, 0.15) is 32.4 Å². The van der Waals surface area contributed by atoms with Gasteiger partial charge in [-0.25, -0.2) is 9.59 Å². The van der Waals surface area contributed by atoms with Gasteiger partial charge in [0.25, 0.3) is 0 Å². The predicted octanol–water partition coefficient (Wildman–Crippen LogP) is 7.05. The van der Waals surface area contributed by atoms with Crippen LogP contribution in [0.3, 0.4) is 0 Å². The fourth-order valence-electron chi connectivity index (χ4n) is 4.76. The summed E-state index contributed by atoms with van der Waals surface area (Å²) in [6, 6.07) is 12.4. The van der Waals surface area contributed by atoms with Gasteiger partial charge in [-0.1, -0.05) is 102 Å². The topological polar surface area (TPSA) is 374 Å². The standard InChI is InChI=1S/C20H23N5O6.C17H19N5O6.C3H5Br.CH4.H4N4/c1-4-10-30-15-9-7-8-14(12-15)13-24(20(26)29-6-3)18-16(25(27)28)17(21)22-19(23-18)31-11-5-2;1-3-8-28-16-19-14(18)13(22(25)26)15(20-16)21(17(24)27-4-2)10-11-6-5-7-12(23)9-11;1-2-3-4;;1-3-4-2/h4-5,7-9,12H,1-2,6,10-11,13H2,3H3,(H2,21,22,23);3,5-7,9,23H,1,4,8,10H2,2H3,(H2,18,19,20);2H,1,3H2;1H4;(H2,1,4)(H2,2,3). The van der Waals surface area contributed by atoms with E-state index in [1.165, 1.54) is 24.3 Å². The maximum absolute atomic E-state index is 12.7. The Bertz CT molecular complexity index is 2320. The summed E-state index contributed by atoms with van der Waals surface area (Å²) in [6.07, 6.45) is 4.52. The minimum absolute atomic E-state index is 0. The normalized spacial score (nSPS) is 9.69. The van der Waals surface area contributed by atoms with Crippen LogP contribution in [0.5, 0.6) is 23.5 Å². The Balaban J connectivity index is 0.00000113. The molecule has 0 fully saturated rings. The molecular weight excluding hydrogens is 960 g/mol. The quantitative estimate of drug-likeness (QED) is 0.0148. The number of aromatic nitrogens is 4. The number of phenolic OH excluding ortho intramolecular Hbond substituents is 1. The maximum atomic E-state index is 12.7. The van der Waals surface area contributed by atoms with E-state index in [-0.39, 0.29) is 70.5 Å². The summed E-state index contributed by atoms with van der Waals surface area (Å²) in [5, 5.41) is 39.0. The van der Waals surface area contributed by atoms with Gasteiger partial charge in [0.15, 0.2) is 0 Å². The lowest BCUT2D eigenvalue weighted by Crippen LogP contribution is -2.33. The Hall–Kier alpha value is -8.62. The van der Waals surface area contributed by atoms with Crippen molar-refractivity contribution < 1.29 is 48.2 Å². The van der Waals surface area contributed by atoms with E-state index < -0.39 is 50.9 Å². The lowest BCUT2D eigenvalue weighted by atomic mass is 10.2. The first-order valence-corrected chi connectivity index (χ1v) is 20.3. The van der Waals surface area contributed by atoms with E-state index in [1.54, 1.807) is 62.4 Å². The van der Waals surface area contributed by atoms with Crippen LogP contribution < -0.4 is 47.2 Å². The van der Waals surface area contributed by atoms with Gasteiger partial charge < -0.3 is 51.9 Å². The molecule has 0 unspecified atom stereocenters. The highest BCUT2D eigenvalue weighted by Crippen LogP contribution is 2.36. The molecule has 26 nitrogen and oxygen atoms in total. The molecule has 0 aliphatic heterocycles. The Morgan fingerprint density at radius 1 is 0.721 bits per heavy atom. The van der Waals surface area contributed by atoms with Crippen molar-refractivity contribution in [3.05, 3.63) is 131 Å². The van der Waals surface area contributed by atoms with E-state index >= 15 is 0 Å². The van der Waals surface area contributed by atoms with Crippen molar-refractivity contribution >= 4 is 62.8 Å². The van der Waals surface area contributed by atoms with Crippen LogP contribution in [0.2, 0.25) is 0 Å². The summed E-state index contributed by atoms with van der Waals surface area (Å²) in [4.78, 5) is 64.3. The summed E-state index contributed by atoms with van der Waals surface area (Å²) in [5.74, 6) is 7.55. The Morgan fingerprint density at radius 2 is 1.12 bits per heavy atom. The smallest absolute Gasteiger partial charge is 0.415 e. The van der Waals surface area contributed by atoms with Gasteiger partial charge >= 0.3 is 35.6 Å². The van der Waals surface area contributed by atoms with Gasteiger partial charge in [-0.05, 0) is 49.2 Å². The number of nitrogens with zero attached hydrogens (tertiary/aromatic N) is 10. The van der Waals surface area contributed by atoms with Crippen LogP contribution in [0.25, 0.3) is 0 Å². The van der Waals surface area contributed by atoms with Crippen molar-refractivity contribution in [2.45, 2.75) is 34.4 Å². The second-order valence-corrected chi connectivity index (χ2v) is 12.6. The summed E-state index contributed by atoms with van der Waals surface area (Å²) in [5.41, 5.74) is 11.3. The van der Waals surface area contributed by atoms with Crippen molar-refractivity contribution in [1.82, 2.24) is 19.9 Å². The number of alkyl halides is 1. The molecule has 0 bridgehead atoms. The van der Waals surface area contributed by atoms with Gasteiger partial charge in [0.1, 0.15) is 31.3 Å². The average molecular weight is 1020 g/mol. The van der Waals surface area contributed by atoms with Crippen molar-refractivity contribution in [3.8, 4) is 23.5 Å². The van der Waals surface area contributed by atoms with Crippen LogP contribution >= 0.6 is 15.9 Å². The highest BCUT2D eigenvalue weighted by Gasteiger charge is 2.34. The summed E-state index contributed by atoms with van der Waals surface area (Å²) in [6.45, 7) is 17.4. The molecule has 9 N–H and O–H groups in total. The van der Waals surface area contributed by atoms with Gasteiger partial charge in [0, 0.05) is 5.33 Å². The second-order valence-electron chi connectivity index (χ2n) is 12.0. The number of phenols is 1. The number of hydrogen-bond acceptors (Lipinski definition) is 20. The largest absolute Gasteiger partial charge is 0.508 e. The number of carbonyl (C=O) groups excluding carboxylic acids is 2. The number of carbonyl (C=O) groups is 2. The Labute approximate surface area is 400 Å². The van der Waals surface area contributed by atoms with E-state index in [4.69, 9.17) is 35.2 Å². The molecule has 0 atom stereocenters. The summed E-state index contributed by atoms with van der Waals surface area (Å²) < 4.78 is 26.1. The van der Waals surface area contributed by atoms with Gasteiger partial charge in [-0.3, -0.25) is 30.0 Å². The van der Waals surface area contributed by atoms with E-state index in [0.717, 1.165) is 15.1 Å². The molecule has 2 aromatic heterocycles. The van der Waals surface area contributed by atoms with Crippen molar-refractivity contribution in [2.75, 3.05) is 59.6 Å². The summed E-state index contributed by atoms with van der Waals surface area (Å²) >= 11 is 3.13. The molecular formula is C41H55BrN14O12. The fraction of sp³-hybridized carbons (Fsp3) is 0.268. The number of halogens is 1. The van der Waals surface area contributed by atoms with E-state index in [0.29, 0.717) is 23.5 Å². The molecule has 368 valence electrons. The first kappa shape index (κ1) is 59.4. The lowest BCUT2D eigenvalue weighted by molar-refractivity contribution is -0.383. The summed E-state index contributed by atoms with van der Waals surface area (Å²) in [7, 11) is 0. The van der Waals surface area contributed by atoms with E-state index in [9.17, 15) is 34.9 Å². The predicted molar refractivity (Wildman–Crippen MR) is 258 cm³/mol. The average Bonchev–Trinajstić information content (AvgIpc) is 3.30. The van der Waals surface area contributed by atoms with Crippen molar-refractivity contribution in [2.24, 2.45) is 22.1 Å². The third kappa shape index (κ3) is 20.0. The maximum Gasteiger partial charge on any atom is 0.415 e.